The second-order valence-electron chi connectivity index (χ2n) is 2.40. The average molecular weight is 200 g/mol. The van der Waals surface area contributed by atoms with Crippen molar-refractivity contribution in [2.75, 3.05) is 0 Å². The van der Waals surface area contributed by atoms with Crippen molar-refractivity contribution in [3.05, 3.63) is 29.3 Å². The molecule has 0 aliphatic heterocycles. The van der Waals surface area contributed by atoms with Crippen LogP contribution in [0.25, 0.3) is 0 Å². The molecular formula is C9H7NNaOS+. The van der Waals surface area contributed by atoms with E-state index < -0.39 is 0 Å². The van der Waals surface area contributed by atoms with E-state index in [1.165, 1.54) is 6.92 Å². The maximum atomic E-state index is 10.9. The van der Waals surface area contributed by atoms with Gasteiger partial charge in [-0.05, 0) is 19.1 Å². The number of benzene rings is 1. The molecule has 0 bridgehead atoms. The standard InChI is InChI=1S/C9H7NOS.Na/c1-6(11)7-2-3-9(12)8(4-7)5-10;/h2-4,12H,1H3;/q;+1. The third-order valence-electron chi connectivity index (χ3n) is 1.52. The zero-order valence-corrected chi connectivity index (χ0v) is 10.4. The molecule has 1 aromatic carbocycles. The van der Waals surface area contributed by atoms with Gasteiger partial charge in [-0.2, -0.15) is 5.26 Å². The van der Waals surface area contributed by atoms with E-state index in [2.05, 4.69) is 12.6 Å². The van der Waals surface area contributed by atoms with Crippen molar-refractivity contribution < 1.29 is 34.4 Å². The van der Waals surface area contributed by atoms with Gasteiger partial charge >= 0.3 is 29.6 Å². The molecule has 0 saturated heterocycles. The molecule has 1 rings (SSSR count). The van der Waals surface area contributed by atoms with Gasteiger partial charge in [-0.15, -0.1) is 12.6 Å². The fourth-order valence-electron chi connectivity index (χ4n) is 0.845. The van der Waals surface area contributed by atoms with Crippen LogP contribution in [0.4, 0.5) is 0 Å². The topological polar surface area (TPSA) is 40.9 Å². The van der Waals surface area contributed by atoms with Crippen molar-refractivity contribution in [1.82, 2.24) is 0 Å². The number of carbonyl (C=O) groups excluding carboxylic acids is 1. The van der Waals surface area contributed by atoms with Crippen LogP contribution in [0.5, 0.6) is 0 Å². The van der Waals surface area contributed by atoms with Crippen LogP contribution in [0.3, 0.4) is 0 Å². The van der Waals surface area contributed by atoms with Gasteiger partial charge < -0.3 is 0 Å². The molecule has 0 heterocycles. The summed E-state index contributed by atoms with van der Waals surface area (Å²) in [4.78, 5) is 11.5. The second kappa shape index (κ2) is 5.46. The molecule has 0 radical (unpaired) electrons. The third kappa shape index (κ3) is 3.17. The fourth-order valence-corrected chi connectivity index (χ4v) is 1.03. The van der Waals surface area contributed by atoms with Crippen LogP contribution in [-0.2, 0) is 0 Å². The summed E-state index contributed by atoms with van der Waals surface area (Å²) in [6, 6.07) is 6.82. The number of rotatable bonds is 1. The van der Waals surface area contributed by atoms with Gasteiger partial charge in [0, 0.05) is 10.5 Å². The van der Waals surface area contributed by atoms with Gasteiger partial charge in [-0.3, -0.25) is 4.79 Å². The van der Waals surface area contributed by atoms with Gasteiger partial charge in [0.25, 0.3) is 0 Å². The quantitative estimate of drug-likeness (QED) is 0.361. The third-order valence-corrected chi connectivity index (χ3v) is 1.91. The minimum atomic E-state index is -0.0418. The minimum Gasteiger partial charge on any atom is -0.295 e. The van der Waals surface area contributed by atoms with E-state index >= 15 is 0 Å². The van der Waals surface area contributed by atoms with Crippen molar-refractivity contribution in [3.63, 3.8) is 0 Å². The van der Waals surface area contributed by atoms with Crippen LogP contribution in [0.15, 0.2) is 23.1 Å². The molecule has 13 heavy (non-hydrogen) atoms. The molecular weight excluding hydrogens is 193 g/mol. The van der Waals surface area contributed by atoms with E-state index in [0.29, 0.717) is 16.0 Å². The Balaban J connectivity index is 0.00000144. The molecule has 1 aromatic rings. The molecule has 0 amide bonds. The summed E-state index contributed by atoms with van der Waals surface area (Å²) in [5.41, 5.74) is 0.982. The molecule has 0 aliphatic carbocycles. The second-order valence-corrected chi connectivity index (χ2v) is 2.88. The zero-order chi connectivity index (χ0) is 9.14. The Morgan fingerprint density at radius 1 is 1.54 bits per heavy atom. The molecule has 0 unspecified atom stereocenters. The zero-order valence-electron chi connectivity index (χ0n) is 7.53. The van der Waals surface area contributed by atoms with Gasteiger partial charge in [-0.1, -0.05) is 6.07 Å². The summed E-state index contributed by atoms with van der Waals surface area (Å²) in [6.45, 7) is 1.47. The molecule has 2 nitrogen and oxygen atoms in total. The Kier molecular flexibility index (Phi) is 5.34. The van der Waals surface area contributed by atoms with E-state index in [0.717, 1.165) is 0 Å². The van der Waals surface area contributed by atoms with Gasteiger partial charge in [0.1, 0.15) is 6.07 Å². The number of hydrogen-bond acceptors (Lipinski definition) is 3. The number of nitriles is 1. The van der Waals surface area contributed by atoms with E-state index in [1.807, 2.05) is 6.07 Å². The number of carbonyl (C=O) groups is 1. The first-order chi connectivity index (χ1) is 5.65. The Hall–Kier alpha value is -0.270. The van der Waals surface area contributed by atoms with Gasteiger partial charge in [0.2, 0.25) is 0 Å². The monoisotopic (exact) mass is 200 g/mol. The van der Waals surface area contributed by atoms with Gasteiger partial charge in [-0.25, -0.2) is 0 Å². The molecule has 0 spiro atoms. The Bertz CT molecular complexity index is 370. The number of Topliss-reactive ketones (excluding diaryl/α,β-unsaturated/α-hetero) is 1. The summed E-state index contributed by atoms with van der Waals surface area (Å²) in [5, 5.41) is 8.61. The molecule has 0 fully saturated rings. The van der Waals surface area contributed by atoms with Crippen LogP contribution >= 0.6 is 12.6 Å². The summed E-state index contributed by atoms with van der Waals surface area (Å²) in [7, 11) is 0. The van der Waals surface area contributed by atoms with E-state index in [4.69, 9.17) is 5.26 Å². The summed E-state index contributed by atoms with van der Waals surface area (Å²) in [6.07, 6.45) is 0. The van der Waals surface area contributed by atoms with Crippen molar-refractivity contribution in [2.45, 2.75) is 11.8 Å². The first-order valence-corrected chi connectivity index (χ1v) is 3.84. The number of ketones is 1. The Morgan fingerprint density at radius 3 is 2.62 bits per heavy atom. The molecule has 60 valence electrons. The van der Waals surface area contributed by atoms with Crippen molar-refractivity contribution >= 4 is 18.4 Å². The van der Waals surface area contributed by atoms with E-state index in [9.17, 15) is 4.79 Å². The molecule has 4 heteroatoms. The largest absolute Gasteiger partial charge is 1.00 e. The SMILES string of the molecule is CC(=O)c1ccc(S)c(C#N)c1.[Na+]. The average Bonchev–Trinajstić information content (AvgIpc) is 2.05. The summed E-state index contributed by atoms with van der Waals surface area (Å²) < 4.78 is 0. The predicted molar refractivity (Wildman–Crippen MR) is 48.4 cm³/mol. The number of nitrogens with zero attached hydrogens (tertiary/aromatic N) is 1. The van der Waals surface area contributed by atoms with E-state index in [-0.39, 0.29) is 35.3 Å². The van der Waals surface area contributed by atoms with Crippen LogP contribution in [0.2, 0.25) is 0 Å². The first-order valence-electron chi connectivity index (χ1n) is 3.39. The first kappa shape index (κ1) is 12.7. The Labute approximate surface area is 105 Å². The van der Waals surface area contributed by atoms with Crippen molar-refractivity contribution in [1.29, 1.82) is 5.26 Å². The molecule has 0 saturated carbocycles. The summed E-state index contributed by atoms with van der Waals surface area (Å²) >= 11 is 4.06. The van der Waals surface area contributed by atoms with Crippen molar-refractivity contribution in [3.8, 4) is 6.07 Å². The number of hydrogen-bond donors (Lipinski definition) is 1. The molecule has 0 aliphatic rings. The maximum Gasteiger partial charge on any atom is 1.00 e. The summed E-state index contributed by atoms with van der Waals surface area (Å²) in [5.74, 6) is -0.0418. The minimum absolute atomic E-state index is 0. The van der Waals surface area contributed by atoms with Crippen LogP contribution in [-0.4, -0.2) is 5.78 Å². The molecule has 0 atom stereocenters. The van der Waals surface area contributed by atoms with Gasteiger partial charge in [0.05, 0.1) is 5.56 Å². The van der Waals surface area contributed by atoms with Crippen molar-refractivity contribution in [2.24, 2.45) is 0 Å². The molecule has 0 aromatic heterocycles. The van der Waals surface area contributed by atoms with Crippen LogP contribution in [0.1, 0.15) is 22.8 Å². The molecule has 0 N–H and O–H groups in total. The van der Waals surface area contributed by atoms with Crippen LogP contribution < -0.4 is 29.6 Å². The smallest absolute Gasteiger partial charge is 0.295 e. The van der Waals surface area contributed by atoms with Gasteiger partial charge in [0.15, 0.2) is 5.78 Å². The number of thiol groups is 1. The predicted octanol–water partition coefficient (Wildman–Crippen LogP) is -0.946. The van der Waals surface area contributed by atoms with Crippen LogP contribution in [0, 0.1) is 11.3 Å². The fraction of sp³-hybridized carbons (Fsp3) is 0.111. The van der Waals surface area contributed by atoms with E-state index in [1.54, 1.807) is 18.2 Å². The maximum absolute atomic E-state index is 10.9. The normalized spacial score (nSPS) is 8.38. The Morgan fingerprint density at radius 2 is 2.15 bits per heavy atom.